The number of halogens is 1. The molecule has 0 aliphatic carbocycles. The summed E-state index contributed by atoms with van der Waals surface area (Å²) in [6, 6.07) is 5.51. The first kappa shape index (κ1) is 10.4. The van der Waals surface area contributed by atoms with Crippen molar-refractivity contribution in [2.24, 2.45) is 4.99 Å². The molecule has 3 nitrogen and oxygen atoms in total. The molecule has 1 heterocycles. The number of ether oxygens (including phenoxy) is 1. The molecule has 78 valence electrons. The molecule has 0 spiro atoms. The van der Waals surface area contributed by atoms with Crippen molar-refractivity contribution < 1.29 is 9.53 Å². The van der Waals surface area contributed by atoms with Crippen LogP contribution in [0.2, 0.25) is 0 Å². The average molecular weight is 268 g/mol. The number of esters is 1. The highest BCUT2D eigenvalue weighted by Gasteiger charge is 2.16. The minimum Gasteiger partial charge on any atom is -0.462 e. The summed E-state index contributed by atoms with van der Waals surface area (Å²) in [4.78, 5) is 15.7. The molecule has 0 amide bonds. The summed E-state index contributed by atoms with van der Waals surface area (Å²) >= 11 is 3.36. The average Bonchev–Trinajstić information content (AvgIpc) is 2.60. The van der Waals surface area contributed by atoms with Crippen LogP contribution in [0.4, 0.5) is 0 Å². The standard InChI is InChI=1S/C11H10BrNO2/c1-2-15-11(14)7-3-4-8-6-13-10(12)9(8)5-7/h3-5H,2,6H2,1H3. The number of hydrogen-bond acceptors (Lipinski definition) is 3. The maximum Gasteiger partial charge on any atom is 0.338 e. The summed E-state index contributed by atoms with van der Waals surface area (Å²) in [5.74, 6) is -0.285. The predicted molar refractivity (Wildman–Crippen MR) is 61.6 cm³/mol. The first-order chi connectivity index (χ1) is 7.22. The Morgan fingerprint density at radius 2 is 2.40 bits per heavy atom. The molecule has 0 radical (unpaired) electrons. The molecule has 0 unspecified atom stereocenters. The van der Waals surface area contributed by atoms with Crippen LogP contribution >= 0.6 is 15.9 Å². The summed E-state index contributed by atoms with van der Waals surface area (Å²) in [5.41, 5.74) is 2.69. The van der Waals surface area contributed by atoms with E-state index >= 15 is 0 Å². The Morgan fingerprint density at radius 3 is 3.13 bits per heavy atom. The molecule has 15 heavy (non-hydrogen) atoms. The van der Waals surface area contributed by atoms with Crippen LogP contribution in [0.3, 0.4) is 0 Å². The molecule has 0 fully saturated rings. The molecular weight excluding hydrogens is 258 g/mol. The first-order valence-electron chi connectivity index (χ1n) is 4.72. The van der Waals surface area contributed by atoms with E-state index in [2.05, 4.69) is 20.9 Å². The second-order valence-electron chi connectivity index (χ2n) is 3.20. The van der Waals surface area contributed by atoms with Gasteiger partial charge in [0.2, 0.25) is 0 Å². The molecule has 0 atom stereocenters. The lowest BCUT2D eigenvalue weighted by molar-refractivity contribution is 0.0526. The molecule has 1 aromatic carbocycles. The van der Waals surface area contributed by atoms with Crippen molar-refractivity contribution in [1.29, 1.82) is 0 Å². The van der Waals surface area contributed by atoms with Gasteiger partial charge < -0.3 is 4.74 Å². The molecule has 0 saturated heterocycles. The van der Waals surface area contributed by atoms with Crippen molar-refractivity contribution in [3.8, 4) is 0 Å². The van der Waals surface area contributed by atoms with Crippen LogP contribution in [0, 0.1) is 0 Å². The van der Waals surface area contributed by atoms with Crippen LogP contribution < -0.4 is 0 Å². The zero-order valence-electron chi connectivity index (χ0n) is 8.29. The molecule has 4 heteroatoms. The summed E-state index contributed by atoms with van der Waals surface area (Å²) in [6.07, 6.45) is 0. The van der Waals surface area contributed by atoms with E-state index in [4.69, 9.17) is 4.74 Å². The van der Waals surface area contributed by atoms with Gasteiger partial charge in [-0.15, -0.1) is 0 Å². The van der Waals surface area contributed by atoms with Crippen LogP contribution in [0.1, 0.15) is 28.4 Å². The Morgan fingerprint density at radius 1 is 1.60 bits per heavy atom. The van der Waals surface area contributed by atoms with Crippen molar-refractivity contribution in [2.75, 3.05) is 6.61 Å². The Hall–Kier alpha value is -1.16. The third kappa shape index (κ3) is 1.95. The van der Waals surface area contributed by atoms with Gasteiger partial charge in [-0.1, -0.05) is 6.07 Å². The van der Waals surface area contributed by atoms with Gasteiger partial charge >= 0.3 is 5.97 Å². The lowest BCUT2D eigenvalue weighted by Crippen LogP contribution is -2.05. The summed E-state index contributed by atoms with van der Waals surface area (Å²) in [7, 11) is 0. The highest BCUT2D eigenvalue weighted by molar-refractivity contribution is 9.18. The predicted octanol–water partition coefficient (Wildman–Crippen LogP) is 2.52. The molecule has 0 aromatic heterocycles. The van der Waals surface area contributed by atoms with Crippen LogP contribution in [0.15, 0.2) is 23.2 Å². The van der Waals surface area contributed by atoms with Crippen molar-refractivity contribution in [3.63, 3.8) is 0 Å². The van der Waals surface area contributed by atoms with Gasteiger partial charge in [0, 0.05) is 5.56 Å². The molecule has 0 N–H and O–H groups in total. The summed E-state index contributed by atoms with van der Waals surface area (Å²) in [6.45, 7) is 2.87. The van der Waals surface area contributed by atoms with Gasteiger partial charge in [-0.25, -0.2) is 4.79 Å². The Bertz CT molecular complexity index is 440. The van der Waals surface area contributed by atoms with E-state index in [1.54, 1.807) is 13.0 Å². The van der Waals surface area contributed by atoms with E-state index < -0.39 is 0 Å². The van der Waals surface area contributed by atoms with Gasteiger partial charge in [0.1, 0.15) is 4.62 Å². The number of carbonyl (C=O) groups excluding carboxylic acids is 1. The van der Waals surface area contributed by atoms with E-state index in [-0.39, 0.29) is 5.97 Å². The molecule has 0 bridgehead atoms. The molecule has 1 aliphatic rings. The minimum atomic E-state index is -0.285. The smallest absolute Gasteiger partial charge is 0.338 e. The van der Waals surface area contributed by atoms with Crippen molar-refractivity contribution in [3.05, 3.63) is 34.9 Å². The lowest BCUT2D eigenvalue weighted by atomic mass is 10.1. The topological polar surface area (TPSA) is 38.7 Å². The largest absolute Gasteiger partial charge is 0.462 e. The Kier molecular flexibility index (Phi) is 2.86. The number of aliphatic imine (C=N–C) groups is 1. The quantitative estimate of drug-likeness (QED) is 0.773. The highest BCUT2D eigenvalue weighted by atomic mass is 79.9. The zero-order chi connectivity index (χ0) is 10.8. The number of carbonyl (C=O) groups is 1. The normalized spacial score (nSPS) is 13.3. The fraction of sp³-hybridized carbons (Fsp3) is 0.273. The fourth-order valence-corrected chi connectivity index (χ4v) is 1.98. The second-order valence-corrected chi connectivity index (χ2v) is 3.95. The second kappa shape index (κ2) is 4.14. The van der Waals surface area contributed by atoms with E-state index in [1.165, 1.54) is 0 Å². The third-order valence-electron chi connectivity index (χ3n) is 2.23. The van der Waals surface area contributed by atoms with Gasteiger partial charge in [0.15, 0.2) is 0 Å². The van der Waals surface area contributed by atoms with Crippen LogP contribution in [0.25, 0.3) is 0 Å². The van der Waals surface area contributed by atoms with E-state index in [0.717, 1.165) is 15.7 Å². The van der Waals surface area contributed by atoms with Gasteiger partial charge in [-0.2, -0.15) is 0 Å². The fourth-order valence-electron chi connectivity index (χ4n) is 1.49. The van der Waals surface area contributed by atoms with Crippen molar-refractivity contribution in [1.82, 2.24) is 0 Å². The first-order valence-corrected chi connectivity index (χ1v) is 5.52. The number of rotatable bonds is 2. The van der Waals surface area contributed by atoms with Crippen molar-refractivity contribution in [2.45, 2.75) is 13.5 Å². The van der Waals surface area contributed by atoms with E-state index in [9.17, 15) is 4.79 Å². The maximum atomic E-state index is 11.5. The van der Waals surface area contributed by atoms with E-state index in [0.29, 0.717) is 18.7 Å². The van der Waals surface area contributed by atoms with E-state index in [1.807, 2.05) is 12.1 Å². The van der Waals surface area contributed by atoms with Gasteiger partial charge in [-0.05, 0) is 40.5 Å². The van der Waals surface area contributed by atoms with Gasteiger partial charge in [0.25, 0.3) is 0 Å². The number of hydrogen-bond donors (Lipinski definition) is 0. The van der Waals surface area contributed by atoms with Gasteiger partial charge in [-0.3, -0.25) is 4.99 Å². The summed E-state index contributed by atoms with van der Waals surface area (Å²) in [5, 5.41) is 0. The SMILES string of the molecule is CCOC(=O)c1ccc2c(c1)C(Br)=NC2. The number of benzene rings is 1. The van der Waals surface area contributed by atoms with Crippen LogP contribution in [-0.2, 0) is 11.3 Å². The maximum absolute atomic E-state index is 11.5. The van der Waals surface area contributed by atoms with Gasteiger partial charge in [0.05, 0.1) is 18.7 Å². The monoisotopic (exact) mass is 267 g/mol. The highest BCUT2D eigenvalue weighted by Crippen LogP contribution is 2.23. The molecular formula is C11H10BrNO2. The minimum absolute atomic E-state index is 0.285. The summed E-state index contributed by atoms with van der Waals surface area (Å²) < 4.78 is 5.74. The lowest BCUT2D eigenvalue weighted by Gasteiger charge is -2.04. The third-order valence-corrected chi connectivity index (χ3v) is 2.91. The van der Waals surface area contributed by atoms with Crippen LogP contribution in [0.5, 0.6) is 0 Å². The molecule has 2 rings (SSSR count). The molecule has 1 aromatic rings. The zero-order valence-corrected chi connectivity index (χ0v) is 9.87. The molecule has 1 aliphatic heterocycles. The number of fused-ring (bicyclic) bond motifs is 1. The number of nitrogens with zero attached hydrogens (tertiary/aromatic N) is 1. The Labute approximate surface area is 96.3 Å². The van der Waals surface area contributed by atoms with Crippen LogP contribution in [-0.4, -0.2) is 17.2 Å². The molecule has 0 saturated carbocycles. The van der Waals surface area contributed by atoms with Crippen molar-refractivity contribution >= 4 is 26.5 Å². The Balaban J connectivity index is 2.33.